The second kappa shape index (κ2) is 5.72. The first kappa shape index (κ1) is 15.4. The summed E-state index contributed by atoms with van der Waals surface area (Å²) in [7, 11) is -3.64. The Morgan fingerprint density at radius 1 is 1.00 bits per heavy atom. The fourth-order valence-corrected chi connectivity index (χ4v) is 5.37. The van der Waals surface area contributed by atoms with E-state index >= 15 is 0 Å². The summed E-state index contributed by atoms with van der Waals surface area (Å²) in [6.07, 6.45) is 1.30. The molecule has 2 aromatic carbocycles. The highest BCUT2D eigenvalue weighted by Gasteiger charge is 2.45. The van der Waals surface area contributed by atoms with Gasteiger partial charge in [0, 0.05) is 6.54 Å². The number of hydrogen-bond acceptors (Lipinski definition) is 3. The largest absolute Gasteiger partial charge is 0.305 e. The maximum Gasteiger partial charge on any atom is 0.245 e. The fourth-order valence-electron chi connectivity index (χ4n) is 3.53. The zero-order chi connectivity index (χ0) is 16.7. The van der Waals surface area contributed by atoms with Gasteiger partial charge < -0.3 is 4.90 Å². The molecule has 124 valence electrons. The minimum Gasteiger partial charge on any atom is -0.305 e. The Kier molecular flexibility index (Phi) is 3.66. The van der Waals surface area contributed by atoms with Gasteiger partial charge in [0.2, 0.25) is 15.9 Å². The molecule has 1 unspecified atom stereocenters. The quantitative estimate of drug-likeness (QED) is 0.842. The van der Waals surface area contributed by atoms with Crippen LogP contribution in [0.15, 0.2) is 59.5 Å². The van der Waals surface area contributed by atoms with Gasteiger partial charge in [-0.1, -0.05) is 42.5 Å². The molecule has 0 radical (unpaired) electrons. The summed E-state index contributed by atoms with van der Waals surface area (Å²) in [6, 6.07) is 15.9. The van der Waals surface area contributed by atoms with Crippen molar-refractivity contribution < 1.29 is 13.2 Å². The van der Waals surface area contributed by atoms with E-state index in [9.17, 15) is 13.2 Å². The van der Waals surface area contributed by atoms with Crippen LogP contribution in [0.4, 0.5) is 5.69 Å². The molecule has 0 aliphatic carbocycles. The highest BCUT2D eigenvalue weighted by atomic mass is 32.2. The lowest BCUT2D eigenvalue weighted by molar-refractivity contribution is -0.121. The molecule has 1 amide bonds. The molecule has 1 atom stereocenters. The van der Waals surface area contributed by atoms with Gasteiger partial charge in [0.25, 0.3) is 0 Å². The number of para-hydroxylation sites is 1. The van der Waals surface area contributed by atoms with Crippen LogP contribution >= 0.6 is 0 Å². The maximum absolute atomic E-state index is 13.1. The zero-order valence-electron chi connectivity index (χ0n) is 13.1. The number of carbonyl (C=O) groups is 1. The van der Waals surface area contributed by atoms with Crippen LogP contribution in [0.25, 0.3) is 0 Å². The molecule has 0 N–H and O–H groups in total. The molecule has 4 rings (SSSR count). The van der Waals surface area contributed by atoms with Crippen LogP contribution in [-0.4, -0.2) is 31.2 Å². The number of sulfonamides is 1. The molecular formula is C18H18N2O3S. The lowest BCUT2D eigenvalue weighted by atomic mass is 10.1. The minimum absolute atomic E-state index is 0.134. The summed E-state index contributed by atoms with van der Waals surface area (Å²) in [4.78, 5) is 14.9. The molecule has 2 aromatic rings. The highest BCUT2D eigenvalue weighted by molar-refractivity contribution is 7.89. The van der Waals surface area contributed by atoms with Crippen LogP contribution in [-0.2, 0) is 21.4 Å². The number of amides is 1. The van der Waals surface area contributed by atoms with Crippen molar-refractivity contribution in [3.8, 4) is 0 Å². The fraction of sp³-hybridized carbons (Fsp3) is 0.278. The molecule has 2 aliphatic rings. The average Bonchev–Trinajstić information content (AvgIpc) is 3.08. The molecule has 1 fully saturated rings. The van der Waals surface area contributed by atoms with Crippen molar-refractivity contribution >= 4 is 21.6 Å². The third-order valence-electron chi connectivity index (χ3n) is 4.68. The van der Waals surface area contributed by atoms with Crippen LogP contribution in [0.5, 0.6) is 0 Å². The van der Waals surface area contributed by atoms with Gasteiger partial charge in [0.05, 0.1) is 12.2 Å². The van der Waals surface area contributed by atoms with Crippen molar-refractivity contribution in [2.45, 2.75) is 30.3 Å². The van der Waals surface area contributed by atoms with E-state index in [4.69, 9.17) is 0 Å². The van der Waals surface area contributed by atoms with Crippen LogP contribution in [0.3, 0.4) is 0 Å². The van der Waals surface area contributed by atoms with E-state index in [0.29, 0.717) is 25.2 Å². The molecule has 0 bridgehead atoms. The number of benzene rings is 2. The Balaban J connectivity index is 1.87. The first-order chi connectivity index (χ1) is 11.6. The number of carbonyl (C=O) groups excluding carboxylic acids is 1. The van der Waals surface area contributed by atoms with Crippen molar-refractivity contribution in [1.82, 2.24) is 4.31 Å². The van der Waals surface area contributed by atoms with Gasteiger partial charge >= 0.3 is 0 Å². The number of hydrogen-bond donors (Lipinski definition) is 0. The molecule has 24 heavy (non-hydrogen) atoms. The van der Waals surface area contributed by atoms with E-state index in [1.54, 1.807) is 29.2 Å². The predicted octanol–water partition coefficient (Wildman–Crippen LogP) is 2.39. The average molecular weight is 342 g/mol. The summed E-state index contributed by atoms with van der Waals surface area (Å²) in [5, 5.41) is 0. The van der Waals surface area contributed by atoms with Crippen LogP contribution < -0.4 is 4.90 Å². The van der Waals surface area contributed by atoms with Crippen LogP contribution in [0.1, 0.15) is 18.4 Å². The normalized spacial score (nSPS) is 22.8. The highest BCUT2D eigenvalue weighted by Crippen LogP contribution is 2.37. The third-order valence-corrected chi connectivity index (χ3v) is 6.64. The van der Waals surface area contributed by atoms with Crippen LogP contribution in [0, 0.1) is 0 Å². The first-order valence-corrected chi connectivity index (χ1v) is 9.49. The Labute approximate surface area is 141 Å². The zero-order valence-corrected chi connectivity index (χ0v) is 13.9. The van der Waals surface area contributed by atoms with Crippen molar-refractivity contribution in [3.63, 3.8) is 0 Å². The van der Waals surface area contributed by atoms with Gasteiger partial charge in [-0.3, -0.25) is 4.79 Å². The van der Waals surface area contributed by atoms with E-state index in [-0.39, 0.29) is 10.8 Å². The molecule has 0 spiro atoms. The van der Waals surface area contributed by atoms with Crippen molar-refractivity contribution in [2.24, 2.45) is 0 Å². The van der Waals surface area contributed by atoms with Gasteiger partial charge in [-0.15, -0.1) is 0 Å². The van der Waals surface area contributed by atoms with Crippen molar-refractivity contribution in [3.05, 3.63) is 60.2 Å². The van der Waals surface area contributed by atoms with E-state index in [1.165, 1.54) is 4.31 Å². The Morgan fingerprint density at radius 3 is 2.50 bits per heavy atom. The van der Waals surface area contributed by atoms with E-state index in [0.717, 1.165) is 12.0 Å². The number of rotatable bonds is 2. The van der Waals surface area contributed by atoms with Gasteiger partial charge in [0.1, 0.15) is 10.9 Å². The Bertz CT molecular complexity index is 880. The summed E-state index contributed by atoms with van der Waals surface area (Å²) in [5.41, 5.74) is 1.45. The Hall–Kier alpha value is -2.18. The SMILES string of the molecule is O=C1C2CCCN2S(=O)(=O)c2ccccc2N1Cc1ccccc1. The van der Waals surface area contributed by atoms with Crippen molar-refractivity contribution in [2.75, 3.05) is 11.4 Å². The summed E-state index contributed by atoms with van der Waals surface area (Å²) < 4.78 is 27.4. The predicted molar refractivity (Wildman–Crippen MR) is 91.0 cm³/mol. The van der Waals surface area contributed by atoms with Gasteiger partial charge in [0.15, 0.2) is 0 Å². The maximum atomic E-state index is 13.1. The molecular weight excluding hydrogens is 324 g/mol. The summed E-state index contributed by atoms with van der Waals surface area (Å²) in [6.45, 7) is 0.781. The smallest absolute Gasteiger partial charge is 0.245 e. The molecule has 2 aliphatic heterocycles. The summed E-state index contributed by atoms with van der Waals surface area (Å²) >= 11 is 0. The number of nitrogens with zero attached hydrogens (tertiary/aromatic N) is 2. The second-order valence-corrected chi connectivity index (χ2v) is 8.01. The third kappa shape index (κ3) is 2.34. The molecule has 2 heterocycles. The van der Waals surface area contributed by atoms with E-state index in [1.807, 2.05) is 30.3 Å². The number of fused-ring (bicyclic) bond motifs is 2. The standard InChI is InChI=1S/C18H18N2O3S/c21-18-16-10-6-12-20(16)24(22,23)17-11-5-4-9-15(17)19(18)13-14-7-2-1-3-8-14/h1-5,7-9,11,16H,6,10,12-13H2. The topological polar surface area (TPSA) is 57.7 Å². The molecule has 6 heteroatoms. The van der Waals surface area contributed by atoms with Crippen molar-refractivity contribution in [1.29, 1.82) is 0 Å². The van der Waals surface area contributed by atoms with Gasteiger partial charge in [-0.05, 0) is 30.5 Å². The monoisotopic (exact) mass is 342 g/mol. The lowest BCUT2D eigenvalue weighted by Crippen LogP contribution is -2.44. The van der Waals surface area contributed by atoms with Crippen LogP contribution in [0.2, 0.25) is 0 Å². The summed E-state index contributed by atoms with van der Waals surface area (Å²) in [5.74, 6) is -0.134. The molecule has 1 saturated heterocycles. The second-order valence-electron chi connectivity index (χ2n) is 6.15. The van der Waals surface area contributed by atoms with Gasteiger partial charge in [-0.25, -0.2) is 8.42 Å². The van der Waals surface area contributed by atoms with Gasteiger partial charge in [-0.2, -0.15) is 4.31 Å². The Morgan fingerprint density at radius 2 is 1.71 bits per heavy atom. The molecule has 0 aromatic heterocycles. The minimum atomic E-state index is -3.64. The number of anilines is 1. The van der Waals surface area contributed by atoms with E-state index in [2.05, 4.69) is 0 Å². The molecule has 0 saturated carbocycles. The lowest BCUT2D eigenvalue weighted by Gasteiger charge is -2.25. The van der Waals surface area contributed by atoms with E-state index < -0.39 is 16.1 Å². The first-order valence-electron chi connectivity index (χ1n) is 8.05. The molecule has 5 nitrogen and oxygen atoms in total.